The molecule has 0 spiro atoms. The van der Waals surface area contributed by atoms with Gasteiger partial charge in [0.05, 0.1) is 12.0 Å². The lowest BCUT2D eigenvalue weighted by Gasteiger charge is -2.09. The quantitative estimate of drug-likeness (QED) is 0.189. The Labute approximate surface area is 178 Å². The fourth-order valence-corrected chi connectivity index (χ4v) is 4.87. The number of thioether (sulfide) groups is 1. The summed E-state index contributed by atoms with van der Waals surface area (Å²) in [5.74, 6) is 7.46. The van der Waals surface area contributed by atoms with Crippen LogP contribution in [0.15, 0.2) is 74.4 Å². The first-order valence-electron chi connectivity index (χ1n) is 8.49. The number of fused-ring (bicyclic) bond motifs is 1. The molecule has 0 saturated carbocycles. The minimum atomic E-state index is -0.236. The Balaban J connectivity index is 1.52. The molecule has 0 bridgehead atoms. The van der Waals surface area contributed by atoms with Crippen LogP contribution in [0.5, 0.6) is 5.75 Å². The fraction of sp³-hybridized carbons (Fsp3) is 0.100. The number of halogens is 1. The summed E-state index contributed by atoms with van der Waals surface area (Å²) in [5, 5.41) is 3.00. The van der Waals surface area contributed by atoms with Crippen molar-refractivity contribution >= 4 is 49.2 Å². The van der Waals surface area contributed by atoms with Crippen molar-refractivity contribution in [2.75, 3.05) is 18.2 Å². The normalized spacial score (nSPS) is 11.0. The van der Waals surface area contributed by atoms with Crippen LogP contribution >= 0.6 is 39.0 Å². The van der Waals surface area contributed by atoms with Crippen LogP contribution < -0.4 is 16.1 Å². The lowest BCUT2D eigenvalue weighted by Crippen LogP contribution is -2.29. The molecule has 4 aromatic rings. The molecular formula is C20H16BrN3O2S2. The molecule has 0 aliphatic carbocycles. The molecule has 0 aliphatic heterocycles. The molecule has 142 valence electrons. The molecule has 0 radical (unpaired) electrons. The topological polar surface area (TPSA) is 70.1 Å². The minimum Gasteiger partial charge on any atom is -0.493 e. The maximum atomic E-state index is 12.9. The smallest absolute Gasteiger partial charge is 0.282 e. The summed E-state index contributed by atoms with van der Waals surface area (Å²) in [4.78, 5) is 18.1. The van der Waals surface area contributed by atoms with Crippen LogP contribution in [0.3, 0.4) is 0 Å². The zero-order chi connectivity index (χ0) is 19.5. The molecule has 0 unspecified atom stereocenters. The summed E-state index contributed by atoms with van der Waals surface area (Å²) < 4.78 is 7.82. The fourth-order valence-electron chi connectivity index (χ4n) is 2.77. The number of nitrogens with zero attached hydrogens (tertiary/aromatic N) is 2. The van der Waals surface area contributed by atoms with Gasteiger partial charge in [-0.15, -0.1) is 11.3 Å². The molecule has 0 amide bonds. The molecule has 0 aliphatic rings. The van der Waals surface area contributed by atoms with Crippen LogP contribution in [0.4, 0.5) is 0 Å². The third-order valence-electron chi connectivity index (χ3n) is 4.07. The maximum absolute atomic E-state index is 12.9. The second-order valence-electron chi connectivity index (χ2n) is 5.92. The maximum Gasteiger partial charge on any atom is 0.282 e. The molecule has 8 heteroatoms. The van der Waals surface area contributed by atoms with Crippen LogP contribution in [0.2, 0.25) is 0 Å². The standard InChI is InChI=1S/C20H16BrN3O2S2/c21-14-7-4-8-15(11-14)26-9-10-27-20-23-18-17(19(25)24(20)22)16(12-28-18)13-5-2-1-3-6-13/h1-8,11-12H,9-10,22H2. The van der Waals surface area contributed by atoms with Gasteiger partial charge in [0.25, 0.3) is 5.56 Å². The molecule has 28 heavy (non-hydrogen) atoms. The Kier molecular flexibility index (Phi) is 5.70. The van der Waals surface area contributed by atoms with Gasteiger partial charge in [-0.05, 0) is 23.8 Å². The van der Waals surface area contributed by atoms with Gasteiger partial charge in [-0.2, -0.15) is 0 Å². The Hall–Kier alpha value is -2.29. The number of ether oxygens (including phenoxy) is 1. The summed E-state index contributed by atoms with van der Waals surface area (Å²) in [6.07, 6.45) is 0. The highest BCUT2D eigenvalue weighted by Crippen LogP contribution is 2.31. The molecule has 4 rings (SSSR count). The number of nitrogen functional groups attached to an aromatic ring is 1. The second-order valence-corrected chi connectivity index (χ2v) is 8.76. The van der Waals surface area contributed by atoms with E-state index in [1.165, 1.54) is 23.1 Å². The number of aromatic nitrogens is 2. The van der Waals surface area contributed by atoms with E-state index in [1.54, 1.807) is 0 Å². The van der Waals surface area contributed by atoms with E-state index in [0.29, 0.717) is 27.7 Å². The lowest BCUT2D eigenvalue weighted by molar-refractivity contribution is 0.343. The summed E-state index contributed by atoms with van der Waals surface area (Å²) in [5.41, 5.74) is 1.61. The molecule has 2 aromatic carbocycles. The largest absolute Gasteiger partial charge is 0.493 e. The number of thiophene rings is 1. The van der Waals surface area contributed by atoms with E-state index in [1.807, 2.05) is 60.0 Å². The highest BCUT2D eigenvalue weighted by Gasteiger charge is 2.16. The van der Waals surface area contributed by atoms with Gasteiger partial charge in [0, 0.05) is 21.2 Å². The zero-order valence-corrected chi connectivity index (χ0v) is 17.9. The molecule has 2 aromatic heterocycles. The number of nitrogens with two attached hydrogens (primary N) is 1. The van der Waals surface area contributed by atoms with Crippen LogP contribution in [-0.4, -0.2) is 22.0 Å². The van der Waals surface area contributed by atoms with E-state index in [-0.39, 0.29) is 5.56 Å². The number of hydrogen-bond donors (Lipinski definition) is 1. The van der Waals surface area contributed by atoms with Gasteiger partial charge in [-0.3, -0.25) is 4.79 Å². The SMILES string of the molecule is Nn1c(SCCOc2cccc(Br)c2)nc2scc(-c3ccccc3)c2c1=O. The van der Waals surface area contributed by atoms with Crippen molar-refractivity contribution in [3.8, 4) is 16.9 Å². The van der Waals surface area contributed by atoms with E-state index in [9.17, 15) is 4.79 Å². The lowest BCUT2D eigenvalue weighted by atomic mass is 10.1. The summed E-state index contributed by atoms with van der Waals surface area (Å²) in [6, 6.07) is 17.5. The van der Waals surface area contributed by atoms with Gasteiger partial charge in [0.15, 0.2) is 5.16 Å². The molecule has 2 N–H and O–H groups in total. The van der Waals surface area contributed by atoms with Crippen LogP contribution in [-0.2, 0) is 0 Å². The highest BCUT2D eigenvalue weighted by atomic mass is 79.9. The minimum absolute atomic E-state index is 0.236. The third-order valence-corrected chi connectivity index (χ3v) is 6.35. The van der Waals surface area contributed by atoms with Crippen molar-refractivity contribution in [1.29, 1.82) is 0 Å². The van der Waals surface area contributed by atoms with Crippen molar-refractivity contribution in [2.24, 2.45) is 0 Å². The van der Waals surface area contributed by atoms with E-state index in [0.717, 1.165) is 26.0 Å². The number of hydrogen-bond acceptors (Lipinski definition) is 6. The Morgan fingerprint density at radius 2 is 2.00 bits per heavy atom. The third kappa shape index (κ3) is 3.94. The zero-order valence-electron chi connectivity index (χ0n) is 14.7. The Bertz CT molecular complexity index is 1180. The molecule has 0 fully saturated rings. The highest BCUT2D eigenvalue weighted by molar-refractivity contribution is 9.10. The van der Waals surface area contributed by atoms with Gasteiger partial charge in [-0.1, -0.05) is 64.1 Å². The summed E-state index contributed by atoms with van der Waals surface area (Å²) >= 11 is 6.27. The van der Waals surface area contributed by atoms with Crippen LogP contribution in [0.25, 0.3) is 21.3 Å². The first kappa shape index (κ1) is 19.0. The van der Waals surface area contributed by atoms with Crippen LogP contribution in [0, 0.1) is 0 Å². The molecule has 0 saturated heterocycles. The summed E-state index contributed by atoms with van der Waals surface area (Å²) in [6.45, 7) is 0.481. The number of rotatable bonds is 6. The van der Waals surface area contributed by atoms with Gasteiger partial charge >= 0.3 is 0 Å². The Morgan fingerprint density at radius 1 is 1.18 bits per heavy atom. The monoisotopic (exact) mass is 473 g/mol. The predicted octanol–water partition coefficient (Wildman–Crippen LogP) is 4.77. The van der Waals surface area contributed by atoms with Crippen molar-refractivity contribution in [3.05, 3.63) is 74.8 Å². The van der Waals surface area contributed by atoms with E-state index in [4.69, 9.17) is 10.6 Å². The summed E-state index contributed by atoms with van der Waals surface area (Å²) in [7, 11) is 0. The van der Waals surface area contributed by atoms with E-state index in [2.05, 4.69) is 20.9 Å². The molecule has 5 nitrogen and oxygen atoms in total. The van der Waals surface area contributed by atoms with Crippen molar-refractivity contribution in [3.63, 3.8) is 0 Å². The molecule has 2 heterocycles. The molecular weight excluding hydrogens is 458 g/mol. The van der Waals surface area contributed by atoms with Crippen molar-refractivity contribution in [1.82, 2.24) is 9.66 Å². The van der Waals surface area contributed by atoms with Gasteiger partial charge in [-0.25, -0.2) is 9.66 Å². The Morgan fingerprint density at radius 3 is 2.79 bits per heavy atom. The molecule has 0 atom stereocenters. The van der Waals surface area contributed by atoms with E-state index >= 15 is 0 Å². The van der Waals surface area contributed by atoms with Crippen LogP contribution in [0.1, 0.15) is 0 Å². The average molecular weight is 474 g/mol. The van der Waals surface area contributed by atoms with Crippen molar-refractivity contribution < 1.29 is 4.74 Å². The first-order valence-corrected chi connectivity index (χ1v) is 11.2. The average Bonchev–Trinajstić information content (AvgIpc) is 3.13. The second kappa shape index (κ2) is 8.38. The predicted molar refractivity (Wildman–Crippen MR) is 120 cm³/mol. The van der Waals surface area contributed by atoms with Crippen molar-refractivity contribution in [2.45, 2.75) is 5.16 Å². The van der Waals surface area contributed by atoms with E-state index < -0.39 is 0 Å². The number of benzene rings is 2. The van der Waals surface area contributed by atoms with Gasteiger partial charge in [0.1, 0.15) is 10.6 Å². The van der Waals surface area contributed by atoms with Gasteiger partial charge in [0.2, 0.25) is 0 Å². The van der Waals surface area contributed by atoms with Gasteiger partial charge < -0.3 is 10.6 Å². The first-order chi connectivity index (χ1) is 13.6.